The average Bonchev–Trinajstić information content (AvgIpc) is 2.74. The Morgan fingerprint density at radius 1 is 1.10 bits per heavy atom. The highest BCUT2D eigenvalue weighted by atomic mass is 32.2. The molecular weight excluding hydrogens is 392 g/mol. The number of rotatable bonds is 6. The van der Waals surface area contributed by atoms with Gasteiger partial charge in [0.15, 0.2) is 5.78 Å². The summed E-state index contributed by atoms with van der Waals surface area (Å²) in [5.41, 5.74) is 1.67. The Morgan fingerprint density at radius 2 is 1.79 bits per heavy atom. The van der Waals surface area contributed by atoms with E-state index in [-0.39, 0.29) is 42.2 Å². The number of carbonyl (C=O) groups is 2. The molecule has 0 aliphatic carbocycles. The van der Waals surface area contributed by atoms with Gasteiger partial charge in [0.2, 0.25) is 15.9 Å². The predicted molar refractivity (Wildman–Crippen MR) is 109 cm³/mol. The first-order chi connectivity index (χ1) is 13.8. The summed E-state index contributed by atoms with van der Waals surface area (Å²) in [5.74, 6) is -0.638. The number of piperidine rings is 1. The van der Waals surface area contributed by atoms with E-state index >= 15 is 0 Å². The van der Waals surface area contributed by atoms with Crippen molar-refractivity contribution < 1.29 is 23.1 Å². The lowest BCUT2D eigenvalue weighted by Crippen LogP contribution is -2.41. The molecule has 1 amide bonds. The fourth-order valence-electron chi connectivity index (χ4n) is 3.37. The van der Waals surface area contributed by atoms with Crippen LogP contribution in [0.5, 0.6) is 0 Å². The quantitative estimate of drug-likeness (QED) is 0.704. The number of anilines is 1. The number of hydrogen-bond donors (Lipinski definition) is 2. The molecule has 154 valence electrons. The van der Waals surface area contributed by atoms with Crippen LogP contribution in [-0.2, 0) is 21.4 Å². The van der Waals surface area contributed by atoms with Crippen LogP contribution >= 0.6 is 0 Å². The normalized spacial score (nSPS) is 15.8. The molecule has 0 aromatic heterocycles. The minimum Gasteiger partial charge on any atom is -0.392 e. The summed E-state index contributed by atoms with van der Waals surface area (Å²) in [4.78, 5) is 24.2. The molecular formula is C21H24N2O5S. The van der Waals surface area contributed by atoms with Gasteiger partial charge in [-0.2, -0.15) is 4.31 Å². The lowest BCUT2D eigenvalue weighted by molar-refractivity contribution is -0.120. The summed E-state index contributed by atoms with van der Waals surface area (Å²) in [6.07, 6.45) is 0.828. The molecule has 1 saturated heterocycles. The zero-order chi connectivity index (χ0) is 21.0. The summed E-state index contributed by atoms with van der Waals surface area (Å²) >= 11 is 0. The van der Waals surface area contributed by atoms with E-state index in [1.54, 1.807) is 36.4 Å². The fourth-order valence-corrected chi connectivity index (χ4v) is 4.89. The maximum absolute atomic E-state index is 12.9. The number of aliphatic hydroxyl groups is 1. The van der Waals surface area contributed by atoms with Crippen molar-refractivity contribution in [3.05, 3.63) is 59.7 Å². The Hall–Kier alpha value is -2.55. The Labute approximate surface area is 170 Å². The van der Waals surface area contributed by atoms with Crippen molar-refractivity contribution in [3.63, 3.8) is 0 Å². The van der Waals surface area contributed by atoms with Crippen LogP contribution in [0.1, 0.15) is 35.7 Å². The topological polar surface area (TPSA) is 104 Å². The van der Waals surface area contributed by atoms with Crippen LogP contribution in [0.2, 0.25) is 0 Å². The Balaban J connectivity index is 1.64. The lowest BCUT2D eigenvalue weighted by atomic mass is 9.97. The summed E-state index contributed by atoms with van der Waals surface area (Å²) in [7, 11) is -3.71. The van der Waals surface area contributed by atoms with E-state index in [2.05, 4.69) is 5.32 Å². The van der Waals surface area contributed by atoms with Gasteiger partial charge >= 0.3 is 0 Å². The predicted octanol–water partition coefficient (Wildman–Crippen LogP) is 2.42. The van der Waals surface area contributed by atoms with Crippen LogP contribution in [0, 0.1) is 5.92 Å². The number of amides is 1. The third kappa shape index (κ3) is 4.90. The van der Waals surface area contributed by atoms with Gasteiger partial charge in [0.25, 0.3) is 0 Å². The van der Waals surface area contributed by atoms with Gasteiger partial charge in [-0.15, -0.1) is 0 Å². The Kier molecular flexibility index (Phi) is 6.46. The number of nitrogens with zero attached hydrogens (tertiary/aromatic N) is 1. The molecule has 1 heterocycles. The maximum Gasteiger partial charge on any atom is 0.243 e. The standard InChI is InChI=1S/C21H24N2O5S/c1-15(25)18-5-3-7-20(13-18)29(27,28)23-10-8-17(9-11-23)21(26)22-19-6-2-4-16(12-19)14-24/h2-7,12-13,17,24H,8-11,14H2,1H3,(H,22,26). The van der Waals surface area contributed by atoms with Crippen LogP contribution in [0.4, 0.5) is 5.69 Å². The van der Waals surface area contributed by atoms with Crippen LogP contribution in [0.25, 0.3) is 0 Å². The second kappa shape index (κ2) is 8.86. The summed E-state index contributed by atoms with van der Waals surface area (Å²) in [6, 6.07) is 13.0. The molecule has 3 rings (SSSR count). The molecule has 2 N–H and O–H groups in total. The summed E-state index contributed by atoms with van der Waals surface area (Å²) in [6.45, 7) is 1.76. The van der Waals surface area contributed by atoms with E-state index in [0.717, 1.165) is 0 Å². The van der Waals surface area contributed by atoms with Crippen molar-refractivity contribution in [1.29, 1.82) is 0 Å². The third-order valence-electron chi connectivity index (χ3n) is 5.08. The number of nitrogens with one attached hydrogen (secondary N) is 1. The number of benzene rings is 2. The first kappa shape index (κ1) is 21.2. The van der Waals surface area contributed by atoms with Gasteiger partial charge in [-0.25, -0.2) is 8.42 Å². The maximum atomic E-state index is 12.9. The van der Waals surface area contributed by atoms with Crippen molar-refractivity contribution in [2.45, 2.75) is 31.3 Å². The molecule has 8 heteroatoms. The van der Waals surface area contributed by atoms with Crippen LogP contribution in [0.15, 0.2) is 53.4 Å². The van der Waals surface area contributed by atoms with E-state index in [4.69, 9.17) is 0 Å². The van der Waals surface area contributed by atoms with Gasteiger partial charge in [0.1, 0.15) is 0 Å². The van der Waals surface area contributed by atoms with Gasteiger partial charge in [-0.3, -0.25) is 9.59 Å². The first-order valence-electron chi connectivity index (χ1n) is 9.43. The Bertz CT molecular complexity index is 1010. The van der Waals surface area contributed by atoms with Crippen molar-refractivity contribution in [2.75, 3.05) is 18.4 Å². The highest BCUT2D eigenvalue weighted by molar-refractivity contribution is 7.89. The molecule has 1 fully saturated rings. The summed E-state index contributed by atoms with van der Waals surface area (Å²) in [5, 5.41) is 12.0. The van der Waals surface area contributed by atoms with Gasteiger partial charge in [-0.05, 0) is 49.6 Å². The largest absolute Gasteiger partial charge is 0.392 e. The van der Waals surface area contributed by atoms with Gasteiger partial charge in [-0.1, -0.05) is 24.3 Å². The van der Waals surface area contributed by atoms with E-state index in [1.807, 2.05) is 0 Å². The molecule has 0 radical (unpaired) electrons. The first-order valence-corrected chi connectivity index (χ1v) is 10.9. The van der Waals surface area contributed by atoms with Crippen LogP contribution in [0.3, 0.4) is 0 Å². The molecule has 1 aliphatic rings. The minimum absolute atomic E-state index is 0.0916. The second-order valence-corrected chi connectivity index (χ2v) is 9.05. The third-order valence-corrected chi connectivity index (χ3v) is 6.97. The molecule has 0 atom stereocenters. The van der Waals surface area contributed by atoms with E-state index in [0.29, 0.717) is 29.7 Å². The molecule has 7 nitrogen and oxygen atoms in total. The zero-order valence-corrected chi connectivity index (χ0v) is 17.0. The molecule has 0 spiro atoms. The molecule has 2 aromatic rings. The molecule has 29 heavy (non-hydrogen) atoms. The average molecular weight is 416 g/mol. The molecule has 0 saturated carbocycles. The minimum atomic E-state index is -3.71. The number of sulfonamides is 1. The molecule has 0 unspecified atom stereocenters. The lowest BCUT2D eigenvalue weighted by Gasteiger charge is -2.30. The van der Waals surface area contributed by atoms with Crippen molar-refractivity contribution >= 4 is 27.4 Å². The second-order valence-electron chi connectivity index (χ2n) is 7.11. The van der Waals surface area contributed by atoms with E-state index in [1.165, 1.54) is 23.4 Å². The van der Waals surface area contributed by atoms with Crippen LogP contribution < -0.4 is 5.32 Å². The fraction of sp³-hybridized carbons (Fsp3) is 0.333. The number of hydrogen-bond acceptors (Lipinski definition) is 5. The van der Waals surface area contributed by atoms with Crippen molar-refractivity contribution in [2.24, 2.45) is 5.92 Å². The smallest absolute Gasteiger partial charge is 0.243 e. The molecule has 2 aromatic carbocycles. The number of Topliss-reactive ketones (excluding diaryl/α,β-unsaturated/α-hetero) is 1. The molecule has 0 bridgehead atoms. The molecule has 1 aliphatic heterocycles. The van der Waals surface area contributed by atoms with E-state index < -0.39 is 10.0 Å². The highest BCUT2D eigenvalue weighted by Crippen LogP contribution is 2.25. The highest BCUT2D eigenvalue weighted by Gasteiger charge is 2.32. The Morgan fingerprint density at radius 3 is 2.45 bits per heavy atom. The van der Waals surface area contributed by atoms with Gasteiger partial charge in [0.05, 0.1) is 11.5 Å². The monoisotopic (exact) mass is 416 g/mol. The summed E-state index contributed by atoms with van der Waals surface area (Å²) < 4.78 is 27.1. The van der Waals surface area contributed by atoms with Gasteiger partial charge in [0, 0.05) is 30.3 Å². The van der Waals surface area contributed by atoms with Crippen LogP contribution in [-0.4, -0.2) is 42.6 Å². The van der Waals surface area contributed by atoms with E-state index in [9.17, 15) is 23.1 Å². The SMILES string of the molecule is CC(=O)c1cccc(S(=O)(=O)N2CCC(C(=O)Nc3cccc(CO)c3)CC2)c1. The number of ketones is 1. The van der Waals surface area contributed by atoms with Crippen molar-refractivity contribution in [1.82, 2.24) is 4.31 Å². The number of aliphatic hydroxyl groups excluding tert-OH is 1. The van der Waals surface area contributed by atoms with Gasteiger partial charge < -0.3 is 10.4 Å². The van der Waals surface area contributed by atoms with Crippen molar-refractivity contribution in [3.8, 4) is 0 Å². The number of carbonyl (C=O) groups excluding carboxylic acids is 2. The zero-order valence-electron chi connectivity index (χ0n) is 16.2.